The molecule has 4 heteroatoms. The van der Waals surface area contributed by atoms with Gasteiger partial charge in [-0.05, 0) is 59.9 Å². The molecular formula is C25H29NO3. The quantitative estimate of drug-likeness (QED) is 0.800. The second-order valence-electron chi connectivity index (χ2n) is 8.56. The van der Waals surface area contributed by atoms with Gasteiger partial charge >= 0.3 is 0 Å². The summed E-state index contributed by atoms with van der Waals surface area (Å²) in [6, 6.07) is 16.7. The Morgan fingerprint density at radius 1 is 1.03 bits per heavy atom. The van der Waals surface area contributed by atoms with E-state index in [1.807, 2.05) is 32.0 Å². The van der Waals surface area contributed by atoms with Gasteiger partial charge in [0.05, 0.1) is 29.9 Å². The summed E-state index contributed by atoms with van der Waals surface area (Å²) in [5.74, 6) is 0.462. The van der Waals surface area contributed by atoms with Crippen LogP contribution in [0.2, 0.25) is 0 Å². The van der Waals surface area contributed by atoms with Crippen LogP contribution in [-0.4, -0.2) is 28.5 Å². The number of benzene rings is 2. The molecule has 4 nitrogen and oxygen atoms in total. The van der Waals surface area contributed by atoms with E-state index in [9.17, 15) is 15.5 Å². The van der Waals surface area contributed by atoms with E-state index >= 15 is 0 Å². The molecule has 2 aliphatic rings. The van der Waals surface area contributed by atoms with Crippen LogP contribution in [0.15, 0.2) is 42.5 Å². The highest BCUT2D eigenvalue weighted by atomic mass is 16.5. The molecule has 0 amide bonds. The van der Waals surface area contributed by atoms with Crippen LogP contribution in [-0.2, 0) is 11.2 Å². The molecule has 2 fully saturated rings. The van der Waals surface area contributed by atoms with Gasteiger partial charge in [-0.15, -0.1) is 0 Å². The molecule has 4 rings (SSSR count). The topological polar surface area (TPSA) is 73.5 Å². The number of aliphatic hydroxyl groups excluding tert-OH is 2. The summed E-state index contributed by atoms with van der Waals surface area (Å²) >= 11 is 0. The van der Waals surface area contributed by atoms with E-state index in [-0.39, 0.29) is 12.0 Å². The van der Waals surface area contributed by atoms with Gasteiger partial charge in [-0.3, -0.25) is 0 Å². The van der Waals surface area contributed by atoms with E-state index in [0.29, 0.717) is 18.4 Å². The summed E-state index contributed by atoms with van der Waals surface area (Å²) in [5.41, 5.74) is 5.01. The lowest BCUT2D eigenvalue weighted by Crippen LogP contribution is -2.49. The third-order valence-electron chi connectivity index (χ3n) is 6.49. The van der Waals surface area contributed by atoms with Crippen LogP contribution in [0.5, 0.6) is 0 Å². The number of rotatable bonds is 5. The van der Waals surface area contributed by atoms with Crippen molar-refractivity contribution in [2.45, 2.75) is 69.9 Å². The fraction of sp³-hybridized carbons (Fsp3) is 0.480. The van der Waals surface area contributed by atoms with Crippen LogP contribution in [0.3, 0.4) is 0 Å². The van der Waals surface area contributed by atoms with Gasteiger partial charge in [0.15, 0.2) is 0 Å². The summed E-state index contributed by atoms with van der Waals surface area (Å²) in [4.78, 5) is 0. The van der Waals surface area contributed by atoms with Crippen molar-refractivity contribution in [2.75, 3.05) is 0 Å². The van der Waals surface area contributed by atoms with Gasteiger partial charge in [0.25, 0.3) is 0 Å². The molecule has 2 N–H and O–H groups in total. The van der Waals surface area contributed by atoms with E-state index in [1.165, 1.54) is 24.0 Å². The minimum Gasteiger partial charge on any atom is -0.390 e. The molecule has 1 aliphatic carbocycles. The molecule has 0 bridgehead atoms. The number of nitriles is 1. The molecule has 0 spiro atoms. The SMILES string of the molecule is CCC1O[C@@H](c2ccc(C#N)c(Cc3ccc(C4CC4)cc3)c2)[C@H](O)[C@@H](C)[C@@H]1O. The molecule has 152 valence electrons. The normalized spacial score (nSPS) is 29.4. The Kier molecular flexibility index (Phi) is 5.74. The van der Waals surface area contributed by atoms with Gasteiger partial charge in [-0.2, -0.15) is 5.26 Å². The zero-order valence-electron chi connectivity index (χ0n) is 17.1. The zero-order valence-corrected chi connectivity index (χ0v) is 17.1. The molecule has 29 heavy (non-hydrogen) atoms. The predicted molar refractivity (Wildman–Crippen MR) is 111 cm³/mol. The summed E-state index contributed by atoms with van der Waals surface area (Å²) in [5, 5.41) is 30.6. The highest BCUT2D eigenvalue weighted by Gasteiger charge is 2.41. The third-order valence-corrected chi connectivity index (χ3v) is 6.49. The molecular weight excluding hydrogens is 362 g/mol. The van der Waals surface area contributed by atoms with Crippen molar-refractivity contribution in [1.82, 2.24) is 0 Å². The number of hydrogen-bond acceptors (Lipinski definition) is 4. The van der Waals surface area contributed by atoms with Crippen molar-refractivity contribution in [3.63, 3.8) is 0 Å². The lowest BCUT2D eigenvalue weighted by Gasteiger charge is -2.41. The maximum atomic E-state index is 10.7. The van der Waals surface area contributed by atoms with Crippen LogP contribution in [0.25, 0.3) is 0 Å². The Morgan fingerprint density at radius 2 is 1.72 bits per heavy atom. The van der Waals surface area contributed by atoms with Crippen molar-refractivity contribution in [3.05, 3.63) is 70.3 Å². The number of aliphatic hydroxyl groups is 2. The summed E-state index contributed by atoms with van der Waals surface area (Å²) in [7, 11) is 0. The van der Waals surface area contributed by atoms with Crippen molar-refractivity contribution in [3.8, 4) is 6.07 Å². The Bertz CT molecular complexity index is 895. The maximum Gasteiger partial charge on any atom is 0.109 e. The largest absolute Gasteiger partial charge is 0.390 e. The van der Waals surface area contributed by atoms with Crippen LogP contribution in [0.4, 0.5) is 0 Å². The predicted octanol–water partition coefficient (Wildman–Crippen LogP) is 4.23. The fourth-order valence-electron chi connectivity index (χ4n) is 4.37. The van der Waals surface area contributed by atoms with E-state index in [0.717, 1.165) is 17.0 Å². The minimum absolute atomic E-state index is 0.271. The molecule has 5 atom stereocenters. The van der Waals surface area contributed by atoms with Crippen LogP contribution in [0, 0.1) is 17.2 Å². The second kappa shape index (κ2) is 8.28. The van der Waals surface area contributed by atoms with Crippen LogP contribution < -0.4 is 0 Å². The lowest BCUT2D eigenvalue weighted by atomic mass is 9.83. The number of hydrogen-bond donors (Lipinski definition) is 2. The second-order valence-corrected chi connectivity index (χ2v) is 8.56. The van der Waals surface area contributed by atoms with Gasteiger partial charge in [-0.1, -0.05) is 50.2 Å². The van der Waals surface area contributed by atoms with Crippen LogP contribution in [0.1, 0.15) is 72.9 Å². The average Bonchev–Trinajstić information content (AvgIpc) is 3.58. The molecule has 1 saturated carbocycles. The van der Waals surface area contributed by atoms with E-state index in [4.69, 9.17) is 4.74 Å². The number of ether oxygens (including phenoxy) is 1. The monoisotopic (exact) mass is 391 g/mol. The fourth-order valence-corrected chi connectivity index (χ4v) is 4.37. The standard InChI is InChI=1S/C25H29NO3/c1-3-22-23(27)15(2)24(28)25(29-22)19-10-11-20(14-26)21(13-19)12-16-4-6-17(7-5-16)18-8-9-18/h4-7,10-11,13,15,18,22-25,27-28H,3,8-9,12H2,1-2H3/t15-,22?,23-,24+,25-/m0/s1. The minimum atomic E-state index is -0.786. The highest BCUT2D eigenvalue weighted by Crippen LogP contribution is 2.40. The van der Waals surface area contributed by atoms with Gasteiger partial charge in [0.1, 0.15) is 6.10 Å². The van der Waals surface area contributed by atoms with Gasteiger partial charge in [0.2, 0.25) is 0 Å². The summed E-state index contributed by atoms with van der Waals surface area (Å²) < 4.78 is 6.06. The maximum absolute atomic E-state index is 10.7. The molecule has 1 aliphatic heterocycles. The summed E-state index contributed by atoms with van der Waals surface area (Å²) in [6.07, 6.45) is 1.67. The molecule has 0 aromatic heterocycles. The first-order valence-corrected chi connectivity index (χ1v) is 10.6. The van der Waals surface area contributed by atoms with E-state index in [2.05, 4.69) is 30.3 Å². The molecule has 0 radical (unpaired) electrons. The van der Waals surface area contributed by atoms with Crippen molar-refractivity contribution in [2.24, 2.45) is 5.92 Å². The Balaban J connectivity index is 1.60. The summed E-state index contributed by atoms with van der Waals surface area (Å²) in [6.45, 7) is 3.84. The van der Waals surface area contributed by atoms with Gasteiger partial charge in [0, 0.05) is 5.92 Å². The Hall–Kier alpha value is -2.19. The molecule has 1 heterocycles. The number of nitrogens with zero attached hydrogens (tertiary/aromatic N) is 1. The van der Waals surface area contributed by atoms with E-state index < -0.39 is 18.3 Å². The van der Waals surface area contributed by atoms with Crippen molar-refractivity contribution < 1.29 is 14.9 Å². The zero-order chi connectivity index (χ0) is 20.5. The average molecular weight is 392 g/mol. The smallest absolute Gasteiger partial charge is 0.109 e. The lowest BCUT2D eigenvalue weighted by molar-refractivity contribution is -0.199. The first-order chi connectivity index (χ1) is 14.0. The van der Waals surface area contributed by atoms with Crippen molar-refractivity contribution in [1.29, 1.82) is 5.26 Å². The first kappa shape index (κ1) is 20.1. The van der Waals surface area contributed by atoms with Crippen LogP contribution >= 0.6 is 0 Å². The van der Waals surface area contributed by atoms with Gasteiger partial charge in [-0.25, -0.2) is 0 Å². The molecule has 1 unspecified atom stereocenters. The third kappa shape index (κ3) is 4.09. The first-order valence-electron chi connectivity index (χ1n) is 10.6. The van der Waals surface area contributed by atoms with Gasteiger partial charge < -0.3 is 14.9 Å². The van der Waals surface area contributed by atoms with E-state index in [1.54, 1.807) is 0 Å². The Morgan fingerprint density at radius 3 is 2.34 bits per heavy atom. The Labute approximate surface area is 172 Å². The van der Waals surface area contributed by atoms with Crippen molar-refractivity contribution >= 4 is 0 Å². The molecule has 1 saturated heterocycles. The highest BCUT2D eigenvalue weighted by molar-refractivity contribution is 5.44. The molecule has 2 aromatic carbocycles. The molecule has 2 aromatic rings.